The molecule has 0 saturated carbocycles. The largest absolute Gasteiger partial charge is 0.456 e. The van der Waals surface area contributed by atoms with Crippen LogP contribution in [0, 0.1) is 0 Å². The van der Waals surface area contributed by atoms with Gasteiger partial charge in [0.2, 0.25) is 0 Å². The molecular weight excluding hydrogens is 356 g/mol. The minimum Gasteiger partial charge on any atom is -0.456 e. The molecule has 1 aliphatic carbocycles. The van der Waals surface area contributed by atoms with Gasteiger partial charge in [-0.25, -0.2) is 4.99 Å². The normalized spacial score (nSPS) is 21.1. The van der Waals surface area contributed by atoms with Crippen LogP contribution in [0.1, 0.15) is 38.7 Å². The zero-order valence-electron chi connectivity index (χ0n) is 17.4. The maximum atomic E-state index is 6.49. The molecule has 4 rings (SSSR count). The Hall–Kier alpha value is -3.07. The average molecular weight is 385 g/mol. The topological polar surface area (TPSA) is 24.8 Å². The maximum Gasteiger partial charge on any atom is 0.136 e. The van der Waals surface area contributed by atoms with E-state index in [-0.39, 0.29) is 0 Å². The number of ether oxygens (including phenoxy) is 1. The lowest BCUT2D eigenvalue weighted by molar-refractivity contribution is 0.425. The molecule has 0 aromatic heterocycles. The van der Waals surface area contributed by atoms with Gasteiger partial charge in [0.15, 0.2) is 0 Å². The van der Waals surface area contributed by atoms with Gasteiger partial charge in [0.1, 0.15) is 11.5 Å². The number of benzene rings is 2. The highest BCUT2D eigenvalue weighted by atomic mass is 16.5. The first kappa shape index (κ1) is 19.3. The van der Waals surface area contributed by atoms with Gasteiger partial charge in [-0.1, -0.05) is 37.3 Å². The summed E-state index contributed by atoms with van der Waals surface area (Å²) in [7, 11) is 0. The van der Waals surface area contributed by atoms with Crippen LogP contribution in [0.5, 0.6) is 5.75 Å². The van der Waals surface area contributed by atoms with Crippen LogP contribution in [0.2, 0.25) is 0 Å². The second-order valence-corrected chi connectivity index (χ2v) is 7.51. The molecule has 0 bridgehead atoms. The first-order valence-electron chi connectivity index (χ1n) is 10.5. The summed E-state index contributed by atoms with van der Waals surface area (Å²) in [6.07, 6.45) is 9.48. The lowest BCUT2D eigenvalue weighted by atomic mass is 9.92. The molecule has 0 amide bonds. The SMILES string of the molecule is CCN(CC)c1ccc2c(c1)OC1=CC(=N/c3ccccc3)/C=CC/1=C\CC2C. The van der Waals surface area contributed by atoms with Crippen molar-refractivity contribution in [2.24, 2.45) is 4.99 Å². The highest BCUT2D eigenvalue weighted by Gasteiger charge is 2.21. The molecule has 0 N–H and O–H groups in total. The number of rotatable bonds is 4. The van der Waals surface area contributed by atoms with Crippen LogP contribution in [0.15, 0.2) is 89.2 Å². The van der Waals surface area contributed by atoms with Crippen molar-refractivity contribution in [2.75, 3.05) is 18.0 Å². The molecule has 2 aliphatic rings. The molecule has 3 heteroatoms. The zero-order chi connectivity index (χ0) is 20.2. The minimum absolute atomic E-state index is 0.414. The summed E-state index contributed by atoms with van der Waals surface area (Å²) in [4.78, 5) is 7.09. The van der Waals surface area contributed by atoms with Crippen LogP contribution < -0.4 is 9.64 Å². The summed E-state index contributed by atoms with van der Waals surface area (Å²) in [6.45, 7) is 8.60. The van der Waals surface area contributed by atoms with Gasteiger partial charge in [-0.15, -0.1) is 0 Å². The number of allylic oxidation sites excluding steroid dienone is 4. The van der Waals surface area contributed by atoms with E-state index in [1.165, 1.54) is 11.3 Å². The third-order valence-electron chi connectivity index (χ3n) is 5.58. The van der Waals surface area contributed by atoms with Crippen LogP contribution in [-0.4, -0.2) is 18.8 Å². The third kappa shape index (κ3) is 4.19. The number of para-hydroxylation sites is 1. The van der Waals surface area contributed by atoms with Gasteiger partial charge in [-0.3, -0.25) is 0 Å². The molecule has 29 heavy (non-hydrogen) atoms. The van der Waals surface area contributed by atoms with Crippen LogP contribution in [0.4, 0.5) is 11.4 Å². The predicted octanol–water partition coefficient (Wildman–Crippen LogP) is 6.57. The van der Waals surface area contributed by atoms with Crippen LogP contribution >= 0.6 is 0 Å². The van der Waals surface area contributed by atoms with Crippen molar-refractivity contribution in [3.63, 3.8) is 0 Å². The smallest absolute Gasteiger partial charge is 0.136 e. The number of nitrogens with zero attached hydrogens (tertiary/aromatic N) is 2. The van der Waals surface area contributed by atoms with E-state index < -0.39 is 0 Å². The first-order valence-corrected chi connectivity index (χ1v) is 10.5. The number of fused-ring (bicyclic) bond motifs is 2. The number of aliphatic imine (C=N–C) groups is 1. The zero-order valence-corrected chi connectivity index (χ0v) is 17.4. The molecule has 0 radical (unpaired) electrons. The molecule has 1 unspecified atom stereocenters. The molecule has 3 nitrogen and oxygen atoms in total. The van der Waals surface area contributed by atoms with Gasteiger partial charge < -0.3 is 9.64 Å². The van der Waals surface area contributed by atoms with E-state index in [2.05, 4.69) is 62.1 Å². The van der Waals surface area contributed by atoms with Gasteiger partial charge in [-0.05, 0) is 62.1 Å². The highest BCUT2D eigenvalue weighted by Crippen LogP contribution is 2.38. The van der Waals surface area contributed by atoms with E-state index in [0.717, 1.165) is 48.0 Å². The summed E-state index contributed by atoms with van der Waals surface area (Å²) in [5.74, 6) is 2.23. The Balaban J connectivity index is 1.72. The minimum atomic E-state index is 0.414. The Morgan fingerprint density at radius 2 is 1.83 bits per heavy atom. The average Bonchev–Trinajstić information content (AvgIpc) is 2.74. The Morgan fingerprint density at radius 3 is 2.59 bits per heavy atom. The fourth-order valence-corrected chi connectivity index (χ4v) is 3.85. The molecule has 0 saturated heterocycles. The van der Waals surface area contributed by atoms with Gasteiger partial charge in [0, 0.05) is 36.5 Å². The Morgan fingerprint density at radius 1 is 1.03 bits per heavy atom. The third-order valence-corrected chi connectivity index (χ3v) is 5.58. The predicted molar refractivity (Wildman–Crippen MR) is 123 cm³/mol. The van der Waals surface area contributed by atoms with Gasteiger partial charge in [0.05, 0.1) is 11.4 Å². The van der Waals surface area contributed by atoms with Crippen molar-refractivity contribution in [1.29, 1.82) is 0 Å². The number of hydrogen-bond acceptors (Lipinski definition) is 3. The number of anilines is 1. The van der Waals surface area contributed by atoms with E-state index >= 15 is 0 Å². The second-order valence-electron chi connectivity index (χ2n) is 7.51. The molecule has 148 valence electrons. The van der Waals surface area contributed by atoms with E-state index in [9.17, 15) is 0 Å². The Kier molecular flexibility index (Phi) is 5.66. The molecular formula is C26H28N2O. The van der Waals surface area contributed by atoms with Gasteiger partial charge in [0.25, 0.3) is 0 Å². The lowest BCUT2D eigenvalue weighted by Gasteiger charge is -2.26. The quantitative estimate of drug-likeness (QED) is 0.595. The second kappa shape index (κ2) is 8.52. The lowest BCUT2D eigenvalue weighted by Crippen LogP contribution is -2.22. The van der Waals surface area contributed by atoms with Gasteiger partial charge in [-0.2, -0.15) is 0 Å². The van der Waals surface area contributed by atoms with Crippen molar-refractivity contribution in [2.45, 2.75) is 33.1 Å². The van der Waals surface area contributed by atoms with E-state index in [0.29, 0.717) is 5.92 Å². The molecule has 0 spiro atoms. The van der Waals surface area contributed by atoms with E-state index in [1.807, 2.05) is 36.4 Å². The Bertz CT molecular complexity index is 995. The number of hydrogen-bond donors (Lipinski definition) is 0. The van der Waals surface area contributed by atoms with Gasteiger partial charge >= 0.3 is 0 Å². The van der Waals surface area contributed by atoms with Crippen molar-refractivity contribution >= 4 is 17.1 Å². The molecule has 0 fully saturated rings. The molecule has 1 atom stereocenters. The van der Waals surface area contributed by atoms with Crippen LogP contribution in [0.3, 0.4) is 0 Å². The van der Waals surface area contributed by atoms with Crippen LogP contribution in [-0.2, 0) is 0 Å². The van der Waals surface area contributed by atoms with E-state index in [1.54, 1.807) is 0 Å². The monoisotopic (exact) mass is 384 g/mol. The molecule has 1 heterocycles. The standard InChI is InChI=1S/C26H28N2O/c1-4-28(5-2)23-15-16-24-19(3)11-12-20-13-14-22(17-25(20)29-26(24)18-23)27-21-9-7-6-8-10-21/h6-10,12-19H,4-5,11H2,1-3H3/b20-12+,27-22+. The fourth-order valence-electron chi connectivity index (χ4n) is 3.85. The Labute approximate surface area is 173 Å². The summed E-state index contributed by atoms with van der Waals surface area (Å²) >= 11 is 0. The summed E-state index contributed by atoms with van der Waals surface area (Å²) in [5.41, 5.74) is 5.44. The van der Waals surface area contributed by atoms with Crippen molar-refractivity contribution in [3.8, 4) is 5.75 Å². The summed E-state index contributed by atoms with van der Waals surface area (Å²) in [5, 5.41) is 0. The molecule has 1 aliphatic heterocycles. The van der Waals surface area contributed by atoms with E-state index in [4.69, 9.17) is 9.73 Å². The highest BCUT2D eigenvalue weighted by molar-refractivity contribution is 6.07. The summed E-state index contributed by atoms with van der Waals surface area (Å²) in [6, 6.07) is 16.7. The fraction of sp³-hybridized carbons (Fsp3) is 0.269. The van der Waals surface area contributed by atoms with Crippen LogP contribution in [0.25, 0.3) is 0 Å². The van der Waals surface area contributed by atoms with Crippen molar-refractivity contribution in [1.82, 2.24) is 0 Å². The van der Waals surface area contributed by atoms with Crippen molar-refractivity contribution in [3.05, 3.63) is 89.7 Å². The maximum absolute atomic E-state index is 6.49. The molecule has 2 aromatic rings. The van der Waals surface area contributed by atoms with Crippen molar-refractivity contribution < 1.29 is 4.74 Å². The summed E-state index contributed by atoms with van der Waals surface area (Å²) < 4.78 is 6.49. The first-order chi connectivity index (χ1) is 14.2. The molecule has 2 aromatic carbocycles.